The molecule has 1 N–H and O–H groups in total. The van der Waals surface area contributed by atoms with Crippen LogP contribution in [-0.4, -0.2) is 24.4 Å². The van der Waals surface area contributed by atoms with Gasteiger partial charge in [-0.25, -0.2) is 0 Å². The second-order valence-electron chi connectivity index (χ2n) is 4.55. The van der Waals surface area contributed by atoms with E-state index in [0.29, 0.717) is 13.2 Å². The summed E-state index contributed by atoms with van der Waals surface area (Å²) in [5, 5.41) is 3.20. The molecule has 0 fully saturated rings. The van der Waals surface area contributed by atoms with Crippen molar-refractivity contribution in [3.05, 3.63) is 29.8 Å². The lowest BCUT2D eigenvalue weighted by Gasteiger charge is -2.32. The summed E-state index contributed by atoms with van der Waals surface area (Å²) in [6.07, 6.45) is 0. The lowest BCUT2D eigenvalue weighted by molar-refractivity contribution is -0.0327. The maximum Gasteiger partial charge on any atom is 0.441 e. The van der Waals surface area contributed by atoms with Crippen molar-refractivity contribution in [1.82, 2.24) is 5.32 Å². The minimum absolute atomic E-state index is 0.0109. The normalized spacial score (nSPS) is 22.7. The first-order valence-corrected chi connectivity index (χ1v) is 7.12. The monoisotopic (exact) mass is 291 g/mol. The first kappa shape index (κ1) is 14.5. The Morgan fingerprint density at radius 3 is 2.84 bits per heavy atom. The number of thioether (sulfide) groups is 1. The number of nitrogens with one attached hydrogen (secondary N) is 1. The van der Waals surface area contributed by atoms with Gasteiger partial charge in [0.05, 0.1) is 6.61 Å². The van der Waals surface area contributed by atoms with E-state index in [-0.39, 0.29) is 29.5 Å². The summed E-state index contributed by atoms with van der Waals surface area (Å²) in [6, 6.07) is 7.71. The van der Waals surface area contributed by atoms with Crippen LogP contribution in [0.4, 0.5) is 13.2 Å². The van der Waals surface area contributed by atoms with Gasteiger partial charge in [-0.15, -0.1) is 0 Å². The van der Waals surface area contributed by atoms with Crippen LogP contribution in [0.2, 0.25) is 0 Å². The molecule has 19 heavy (non-hydrogen) atoms. The molecule has 2 rings (SSSR count). The van der Waals surface area contributed by atoms with E-state index < -0.39 is 5.51 Å². The zero-order valence-electron chi connectivity index (χ0n) is 10.5. The third-order valence-electron chi connectivity index (χ3n) is 3.06. The largest absolute Gasteiger partial charge is 0.493 e. The molecule has 0 bridgehead atoms. The quantitative estimate of drug-likeness (QED) is 0.856. The summed E-state index contributed by atoms with van der Waals surface area (Å²) in [4.78, 5) is 0. The summed E-state index contributed by atoms with van der Waals surface area (Å²) in [5.41, 5.74) is -3.13. The number of halogens is 3. The highest BCUT2D eigenvalue weighted by Crippen LogP contribution is 2.35. The highest BCUT2D eigenvalue weighted by atomic mass is 32.2. The molecule has 2 nitrogen and oxygen atoms in total. The number of hydrogen-bond acceptors (Lipinski definition) is 3. The first-order valence-electron chi connectivity index (χ1n) is 6.13. The van der Waals surface area contributed by atoms with Crippen molar-refractivity contribution in [2.75, 3.05) is 18.9 Å². The molecule has 0 saturated heterocycles. The predicted molar refractivity (Wildman–Crippen MR) is 70.4 cm³/mol. The molecule has 1 aliphatic rings. The Morgan fingerprint density at radius 1 is 1.37 bits per heavy atom. The van der Waals surface area contributed by atoms with Gasteiger partial charge in [0.2, 0.25) is 0 Å². The van der Waals surface area contributed by atoms with Crippen molar-refractivity contribution in [3.63, 3.8) is 0 Å². The Balaban J connectivity index is 1.92. The Morgan fingerprint density at radius 2 is 2.11 bits per heavy atom. The van der Waals surface area contributed by atoms with Gasteiger partial charge in [-0.05, 0) is 17.8 Å². The van der Waals surface area contributed by atoms with E-state index in [1.165, 1.54) is 0 Å². The van der Waals surface area contributed by atoms with Gasteiger partial charge in [0.1, 0.15) is 5.75 Å². The Labute approximate surface area is 114 Å². The standard InChI is InChI=1S/C13H16F3NOS/c1-9-8-18-11-5-3-2-4-10(11)12(9)17-6-7-19-13(14,15)16/h2-5,9,12,17H,6-8H2,1H3. The third kappa shape index (κ3) is 4.04. The first-order chi connectivity index (χ1) is 8.97. The molecule has 1 aromatic carbocycles. The molecule has 0 amide bonds. The Bertz CT molecular complexity index is 425. The summed E-state index contributed by atoms with van der Waals surface area (Å²) in [6.45, 7) is 2.94. The number of benzene rings is 1. The van der Waals surface area contributed by atoms with E-state index in [9.17, 15) is 13.2 Å². The summed E-state index contributed by atoms with van der Waals surface area (Å²) >= 11 is 0.0109. The van der Waals surface area contributed by atoms with E-state index in [2.05, 4.69) is 5.32 Å². The predicted octanol–water partition coefficient (Wildman–Crippen LogP) is 3.60. The zero-order chi connectivity index (χ0) is 13.9. The average molecular weight is 291 g/mol. The van der Waals surface area contributed by atoms with Crippen molar-refractivity contribution in [2.45, 2.75) is 18.5 Å². The van der Waals surface area contributed by atoms with Gasteiger partial charge in [-0.1, -0.05) is 25.1 Å². The molecule has 1 heterocycles. The highest BCUT2D eigenvalue weighted by Gasteiger charge is 2.29. The van der Waals surface area contributed by atoms with Crippen LogP contribution < -0.4 is 10.1 Å². The van der Waals surface area contributed by atoms with Crippen LogP contribution in [0.5, 0.6) is 5.75 Å². The molecule has 0 aliphatic carbocycles. The summed E-state index contributed by atoms with van der Waals surface area (Å²) in [5.74, 6) is 1.09. The van der Waals surface area contributed by atoms with Crippen LogP contribution in [-0.2, 0) is 0 Å². The number of hydrogen-bond donors (Lipinski definition) is 1. The van der Waals surface area contributed by atoms with Gasteiger partial charge >= 0.3 is 5.51 Å². The maximum atomic E-state index is 12.1. The molecular weight excluding hydrogens is 275 g/mol. The van der Waals surface area contributed by atoms with Crippen LogP contribution >= 0.6 is 11.8 Å². The molecular formula is C13H16F3NOS. The lowest BCUT2D eigenvalue weighted by Crippen LogP contribution is -2.35. The molecule has 2 unspecified atom stereocenters. The van der Waals surface area contributed by atoms with Crippen LogP contribution in [0.1, 0.15) is 18.5 Å². The molecule has 0 radical (unpaired) electrons. The van der Waals surface area contributed by atoms with Crippen LogP contribution in [0.25, 0.3) is 0 Å². The van der Waals surface area contributed by atoms with Gasteiger partial charge in [-0.2, -0.15) is 13.2 Å². The smallest absolute Gasteiger partial charge is 0.441 e. The van der Waals surface area contributed by atoms with Gasteiger partial charge in [-0.3, -0.25) is 0 Å². The third-order valence-corrected chi connectivity index (χ3v) is 3.79. The minimum atomic E-state index is -4.15. The van der Waals surface area contributed by atoms with Crippen molar-refractivity contribution in [1.29, 1.82) is 0 Å². The van der Waals surface area contributed by atoms with E-state index in [1.54, 1.807) is 0 Å². The van der Waals surface area contributed by atoms with Gasteiger partial charge in [0, 0.05) is 29.8 Å². The van der Waals surface area contributed by atoms with Crippen LogP contribution in [0, 0.1) is 5.92 Å². The topological polar surface area (TPSA) is 21.3 Å². The van der Waals surface area contributed by atoms with Crippen molar-refractivity contribution in [3.8, 4) is 5.75 Å². The molecule has 0 saturated carbocycles. The number of alkyl halides is 3. The fourth-order valence-electron chi connectivity index (χ4n) is 2.19. The second kappa shape index (κ2) is 6.05. The van der Waals surface area contributed by atoms with E-state index in [1.807, 2.05) is 31.2 Å². The molecule has 2 atom stereocenters. The fourth-order valence-corrected chi connectivity index (χ4v) is 2.64. The van der Waals surface area contributed by atoms with E-state index >= 15 is 0 Å². The number of rotatable bonds is 4. The van der Waals surface area contributed by atoms with Crippen LogP contribution in [0.15, 0.2) is 24.3 Å². The zero-order valence-corrected chi connectivity index (χ0v) is 11.4. The van der Waals surface area contributed by atoms with Gasteiger partial charge in [0.15, 0.2) is 0 Å². The average Bonchev–Trinajstić information content (AvgIpc) is 2.35. The Kier molecular flexibility index (Phi) is 4.62. The molecule has 1 aliphatic heterocycles. The highest BCUT2D eigenvalue weighted by molar-refractivity contribution is 8.00. The molecule has 1 aromatic rings. The maximum absolute atomic E-state index is 12.1. The number of fused-ring (bicyclic) bond motifs is 1. The molecule has 106 valence electrons. The van der Waals surface area contributed by atoms with Gasteiger partial charge < -0.3 is 10.1 Å². The summed E-state index contributed by atoms with van der Waals surface area (Å²) < 4.78 is 41.8. The van der Waals surface area contributed by atoms with E-state index in [4.69, 9.17) is 4.74 Å². The molecule has 0 spiro atoms. The number of ether oxygens (including phenoxy) is 1. The molecule has 0 aromatic heterocycles. The second-order valence-corrected chi connectivity index (χ2v) is 5.71. The minimum Gasteiger partial charge on any atom is -0.493 e. The van der Waals surface area contributed by atoms with Crippen LogP contribution in [0.3, 0.4) is 0 Å². The van der Waals surface area contributed by atoms with E-state index in [0.717, 1.165) is 11.3 Å². The number of para-hydroxylation sites is 1. The fraction of sp³-hybridized carbons (Fsp3) is 0.538. The summed E-state index contributed by atoms with van der Waals surface area (Å²) in [7, 11) is 0. The lowest BCUT2D eigenvalue weighted by atomic mass is 9.92. The SMILES string of the molecule is CC1COc2ccccc2C1NCCSC(F)(F)F. The van der Waals surface area contributed by atoms with Crippen molar-refractivity contribution in [2.24, 2.45) is 5.92 Å². The van der Waals surface area contributed by atoms with Crippen molar-refractivity contribution < 1.29 is 17.9 Å². The Hall–Kier alpha value is -0.880. The molecule has 6 heteroatoms. The van der Waals surface area contributed by atoms with Gasteiger partial charge in [0.25, 0.3) is 0 Å². The van der Waals surface area contributed by atoms with Crippen molar-refractivity contribution >= 4 is 11.8 Å².